The predicted octanol–water partition coefficient (Wildman–Crippen LogP) is 8.28. The summed E-state index contributed by atoms with van der Waals surface area (Å²) < 4.78 is 11.5. The fourth-order valence-corrected chi connectivity index (χ4v) is 3.81. The summed E-state index contributed by atoms with van der Waals surface area (Å²) in [5.41, 5.74) is 2.22. The number of ether oxygens (including phenoxy) is 2. The van der Waals surface area contributed by atoms with E-state index in [-0.39, 0.29) is 0 Å². The highest BCUT2D eigenvalue weighted by Crippen LogP contribution is 2.20. The van der Waals surface area contributed by atoms with Gasteiger partial charge in [-0.05, 0) is 82.8 Å². The number of nitrogens with zero attached hydrogens (tertiary/aromatic N) is 2. The largest absolute Gasteiger partial charge is 0.502 e. The highest BCUT2D eigenvalue weighted by Gasteiger charge is 2.12. The predicted molar refractivity (Wildman–Crippen MR) is 159 cm³/mol. The second kappa shape index (κ2) is 22.3. The Morgan fingerprint density at radius 2 is 1.84 bits per heavy atom. The molecule has 0 bridgehead atoms. The number of hydrogen-bond donors (Lipinski definition) is 1. The minimum absolute atomic E-state index is 0.705. The van der Waals surface area contributed by atoms with Gasteiger partial charge in [-0.15, -0.1) is 6.58 Å². The molecule has 0 fully saturated rings. The molecule has 37 heavy (non-hydrogen) atoms. The van der Waals surface area contributed by atoms with E-state index >= 15 is 0 Å². The van der Waals surface area contributed by atoms with Crippen molar-refractivity contribution in [3.63, 3.8) is 0 Å². The summed E-state index contributed by atoms with van der Waals surface area (Å²) >= 11 is 0. The molecule has 0 aromatic heterocycles. The molecule has 1 aliphatic rings. The molecule has 0 heterocycles. The first-order valence-corrected chi connectivity index (χ1v) is 14.0. The zero-order valence-electron chi connectivity index (χ0n) is 23.7. The molecule has 5 heteroatoms. The van der Waals surface area contributed by atoms with Gasteiger partial charge in [0.05, 0.1) is 37.3 Å². The van der Waals surface area contributed by atoms with Crippen molar-refractivity contribution >= 4 is 6.34 Å². The molecule has 0 aromatic carbocycles. The van der Waals surface area contributed by atoms with E-state index in [9.17, 15) is 0 Å². The van der Waals surface area contributed by atoms with Crippen LogP contribution in [0, 0.1) is 5.41 Å². The number of hydrogen-bond acceptors (Lipinski definition) is 4. The van der Waals surface area contributed by atoms with E-state index in [1.54, 1.807) is 6.26 Å². The third-order valence-electron chi connectivity index (χ3n) is 5.93. The number of nitrogens with one attached hydrogen (secondary N) is 1. The smallest absolute Gasteiger partial charge is 0.0893 e. The highest BCUT2D eigenvalue weighted by molar-refractivity contribution is 5.58. The molecule has 206 valence electrons. The van der Waals surface area contributed by atoms with Crippen molar-refractivity contribution in [1.29, 1.82) is 5.41 Å². The van der Waals surface area contributed by atoms with Gasteiger partial charge < -0.3 is 19.3 Å². The SMILES string of the molecule is C=CCCCC/C=C(\C)OCCCN(C)/C=C(/C1=CC/C=C\CC=C1)N(C=N)CCCCO/C=C/CC. The summed E-state index contributed by atoms with van der Waals surface area (Å²) in [5, 5.41) is 8.13. The fourth-order valence-electron chi connectivity index (χ4n) is 3.81. The Bertz CT molecular complexity index is 805. The molecule has 1 rings (SSSR count). The van der Waals surface area contributed by atoms with E-state index in [1.807, 2.05) is 19.1 Å². The van der Waals surface area contributed by atoms with Crippen LogP contribution in [0.1, 0.15) is 78.1 Å². The average Bonchev–Trinajstić information content (AvgIpc) is 2.87. The van der Waals surface area contributed by atoms with Crippen LogP contribution in [-0.4, -0.2) is 49.5 Å². The molecule has 0 radical (unpaired) electrons. The highest BCUT2D eigenvalue weighted by atomic mass is 16.5. The quantitative estimate of drug-likeness (QED) is 0.0556. The Balaban J connectivity index is 2.69. The van der Waals surface area contributed by atoms with Gasteiger partial charge in [0.2, 0.25) is 0 Å². The van der Waals surface area contributed by atoms with E-state index < -0.39 is 0 Å². The first-order chi connectivity index (χ1) is 18.1. The van der Waals surface area contributed by atoms with E-state index in [2.05, 4.69) is 73.0 Å². The van der Waals surface area contributed by atoms with Gasteiger partial charge in [0, 0.05) is 26.3 Å². The zero-order valence-corrected chi connectivity index (χ0v) is 23.7. The van der Waals surface area contributed by atoms with Gasteiger partial charge in [-0.1, -0.05) is 49.5 Å². The molecule has 0 atom stereocenters. The Hall–Kier alpha value is -2.95. The van der Waals surface area contributed by atoms with Crippen LogP contribution in [0.5, 0.6) is 0 Å². The summed E-state index contributed by atoms with van der Waals surface area (Å²) in [5.74, 6) is 1.01. The minimum Gasteiger partial charge on any atom is -0.502 e. The molecule has 0 aliphatic heterocycles. The lowest BCUT2D eigenvalue weighted by Gasteiger charge is -2.26. The summed E-state index contributed by atoms with van der Waals surface area (Å²) in [6.45, 7) is 11.0. The number of allylic oxidation sites excluding steroid dienone is 9. The standard InChI is InChI=1S/C32H51N3O2/c1-5-7-9-11-14-20-30(3)37-27-19-23-34(4)28-32(31-21-15-12-10-13-16-22-31)35(29-33)24-17-18-26-36-25-8-6-2/h5,8,10,12,16,20-22,25,28-29,33H,1,6-7,9,11,13-15,17-19,23-24,26-27H2,2-4H3/b12-10-,22-16?,25-8+,30-20+,31-21?,32-28-,33-29?. The second-order valence-corrected chi connectivity index (χ2v) is 9.27. The Morgan fingerprint density at radius 3 is 2.62 bits per heavy atom. The normalized spacial score (nSPS) is 15.1. The van der Waals surface area contributed by atoms with Gasteiger partial charge in [-0.25, -0.2) is 0 Å². The van der Waals surface area contributed by atoms with Gasteiger partial charge in [-0.3, -0.25) is 5.41 Å². The maximum atomic E-state index is 8.13. The van der Waals surface area contributed by atoms with Gasteiger partial charge in [0.1, 0.15) is 0 Å². The first kappa shape index (κ1) is 32.1. The van der Waals surface area contributed by atoms with Crippen LogP contribution in [0.25, 0.3) is 0 Å². The van der Waals surface area contributed by atoms with Crippen LogP contribution in [-0.2, 0) is 9.47 Å². The topological polar surface area (TPSA) is 48.8 Å². The first-order valence-electron chi connectivity index (χ1n) is 14.0. The zero-order chi connectivity index (χ0) is 27.0. The molecule has 0 saturated carbocycles. The lowest BCUT2D eigenvalue weighted by molar-refractivity contribution is 0.199. The monoisotopic (exact) mass is 509 g/mol. The van der Waals surface area contributed by atoms with Crippen LogP contribution < -0.4 is 0 Å². The number of rotatable bonds is 21. The molecule has 0 amide bonds. The molecule has 0 aromatic rings. The molecule has 1 aliphatic carbocycles. The summed E-state index contributed by atoms with van der Waals surface area (Å²) in [7, 11) is 2.10. The Morgan fingerprint density at radius 1 is 1.03 bits per heavy atom. The van der Waals surface area contributed by atoms with Crippen molar-refractivity contribution in [3.05, 3.63) is 84.7 Å². The van der Waals surface area contributed by atoms with Crippen molar-refractivity contribution in [1.82, 2.24) is 9.80 Å². The van der Waals surface area contributed by atoms with Crippen molar-refractivity contribution in [3.8, 4) is 0 Å². The van der Waals surface area contributed by atoms with E-state index in [1.165, 1.54) is 19.2 Å². The van der Waals surface area contributed by atoms with Gasteiger partial charge in [-0.2, -0.15) is 0 Å². The summed E-state index contributed by atoms with van der Waals surface area (Å²) in [4.78, 5) is 4.26. The maximum Gasteiger partial charge on any atom is 0.0893 e. The van der Waals surface area contributed by atoms with Crippen LogP contribution in [0.2, 0.25) is 0 Å². The van der Waals surface area contributed by atoms with Crippen molar-refractivity contribution in [2.24, 2.45) is 0 Å². The van der Waals surface area contributed by atoms with E-state index in [4.69, 9.17) is 14.9 Å². The second-order valence-electron chi connectivity index (χ2n) is 9.27. The van der Waals surface area contributed by atoms with Gasteiger partial charge >= 0.3 is 0 Å². The summed E-state index contributed by atoms with van der Waals surface area (Å²) in [6.07, 6.45) is 32.8. The molecule has 0 spiro atoms. The lowest BCUT2D eigenvalue weighted by atomic mass is 10.1. The molecule has 0 unspecified atom stereocenters. The average molecular weight is 510 g/mol. The van der Waals surface area contributed by atoms with Crippen molar-refractivity contribution < 1.29 is 9.47 Å². The molecule has 0 saturated heterocycles. The minimum atomic E-state index is 0.705. The third-order valence-corrected chi connectivity index (χ3v) is 5.93. The van der Waals surface area contributed by atoms with Crippen LogP contribution in [0.4, 0.5) is 0 Å². The van der Waals surface area contributed by atoms with Crippen LogP contribution >= 0.6 is 0 Å². The van der Waals surface area contributed by atoms with Gasteiger partial charge in [0.15, 0.2) is 0 Å². The van der Waals surface area contributed by atoms with Crippen LogP contribution in [0.3, 0.4) is 0 Å². The van der Waals surface area contributed by atoms with Crippen molar-refractivity contribution in [2.75, 3.05) is 33.4 Å². The third kappa shape index (κ3) is 16.4. The fraction of sp³-hybridized carbons (Fsp3) is 0.531. The number of unbranched alkanes of at least 4 members (excludes halogenated alkanes) is 4. The van der Waals surface area contributed by atoms with E-state index in [0.29, 0.717) is 13.2 Å². The molecule has 1 N–H and O–H groups in total. The summed E-state index contributed by atoms with van der Waals surface area (Å²) in [6, 6.07) is 0. The maximum absolute atomic E-state index is 8.13. The van der Waals surface area contributed by atoms with E-state index in [0.717, 1.165) is 81.5 Å². The molecular weight excluding hydrogens is 458 g/mol. The molecular formula is C32H51N3O2. The lowest BCUT2D eigenvalue weighted by Crippen LogP contribution is -2.26. The Labute approximate surface area is 227 Å². The van der Waals surface area contributed by atoms with Crippen molar-refractivity contribution in [2.45, 2.75) is 78.1 Å². The van der Waals surface area contributed by atoms with Crippen LogP contribution in [0.15, 0.2) is 84.7 Å². The van der Waals surface area contributed by atoms with Gasteiger partial charge in [0.25, 0.3) is 0 Å². The Kier molecular flexibility index (Phi) is 19.3. The molecule has 5 nitrogen and oxygen atoms in total.